The van der Waals surface area contributed by atoms with Gasteiger partial charge in [0.1, 0.15) is 19.2 Å². The molecule has 1 aliphatic heterocycles. The van der Waals surface area contributed by atoms with Crippen LogP contribution in [-0.4, -0.2) is 83.2 Å². The fourth-order valence-corrected chi connectivity index (χ4v) is 2.98. The van der Waals surface area contributed by atoms with E-state index in [4.69, 9.17) is 0 Å². The number of amides is 2. The first kappa shape index (κ1) is 16.8. The average Bonchev–Trinajstić information content (AvgIpc) is 3.42. The molecule has 1 aromatic carbocycles. The third-order valence-corrected chi connectivity index (χ3v) is 4.41. The highest BCUT2D eigenvalue weighted by atomic mass is 16.2. The Labute approximate surface area is 154 Å². The van der Waals surface area contributed by atoms with Gasteiger partial charge in [0.15, 0.2) is 5.82 Å². The van der Waals surface area contributed by atoms with Crippen LogP contribution in [0.3, 0.4) is 0 Å². The maximum atomic E-state index is 12.8. The number of benzene rings is 1. The topological polar surface area (TPSA) is 126 Å². The number of carbonyl (C=O) groups is 2. The third-order valence-electron chi connectivity index (χ3n) is 4.41. The van der Waals surface area contributed by atoms with Crippen molar-refractivity contribution in [2.45, 2.75) is 6.54 Å². The summed E-state index contributed by atoms with van der Waals surface area (Å²) < 4.78 is 1.38. The van der Waals surface area contributed by atoms with Gasteiger partial charge >= 0.3 is 0 Å². The predicted molar refractivity (Wildman–Crippen MR) is 92.1 cm³/mol. The lowest BCUT2D eigenvalue weighted by Crippen LogP contribution is -2.51. The van der Waals surface area contributed by atoms with Crippen molar-refractivity contribution in [3.05, 3.63) is 42.5 Å². The molecule has 1 fully saturated rings. The highest BCUT2D eigenvalue weighted by Gasteiger charge is 2.25. The smallest absolute Gasteiger partial charge is 0.253 e. The normalized spacial score (nSPS) is 14.4. The first-order chi connectivity index (χ1) is 13.2. The molecule has 0 spiro atoms. The minimum atomic E-state index is -0.0679. The van der Waals surface area contributed by atoms with Crippen LogP contribution in [0.1, 0.15) is 10.4 Å². The molecule has 1 aliphatic rings. The summed E-state index contributed by atoms with van der Waals surface area (Å²) in [5.74, 6) is 0.480. The highest BCUT2D eigenvalue weighted by Crippen LogP contribution is 2.17. The summed E-state index contributed by atoms with van der Waals surface area (Å²) >= 11 is 0. The average molecular weight is 367 g/mol. The molecule has 2 aromatic heterocycles. The van der Waals surface area contributed by atoms with Gasteiger partial charge in [-0.3, -0.25) is 14.7 Å². The van der Waals surface area contributed by atoms with E-state index in [1.54, 1.807) is 21.9 Å². The van der Waals surface area contributed by atoms with E-state index in [2.05, 4.69) is 30.7 Å². The first-order valence-electron chi connectivity index (χ1n) is 8.44. The van der Waals surface area contributed by atoms with Crippen molar-refractivity contribution in [3.63, 3.8) is 0 Å². The number of nitrogens with zero attached hydrogens (tertiary/aromatic N) is 8. The molecule has 1 N–H and O–H groups in total. The van der Waals surface area contributed by atoms with E-state index in [0.717, 1.165) is 5.56 Å². The van der Waals surface area contributed by atoms with Crippen molar-refractivity contribution in [1.82, 2.24) is 45.2 Å². The number of hydrogen-bond donors (Lipinski definition) is 1. The molecule has 0 saturated carbocycles. The minimum absolute atomic E-state index is 0.0658. The largest absolute Gasteiger partial charge is 0.338 e. The molecule has 3 aromatic rings. The van der Waals surface area contributed by atoms with Gasteiger partial charge in [-0.05, 0) is 22.6 Å². The van der Waals surface area contributed by atoms with Gasteiger partial charge in [0, 0.05) is 37.3 Å². The van der Waals surface area contributed by atoms with E-state index in [1.807, 2.05) is 12.1 Å². The van der Waals surface area contributed by atoms with Gasteiger partial charge < -0.3 is 9.80 Å². The number of rotatable bonds is 4. The van der Waals surface area contributed by atoms with Crippen molar-refractivity contribution >= 4 is 11.8 Å². The van der Waals surface area contributed by atoms with Gasteiger partial charge in [-0.25, -0.2) is 9.67 Å². The Morgan fingerprint density at radius 2 is 1.93 bits per heavy atom. The van der Waals surface area contributed by atoms with Gasteiger partial charge in [0.25, 0.3) is 5.91 Å². The maximum absolute atomic E-state index is 12.8. The Morgan fingerprint density at radius 3 is 2.63 bits per heavy atom. The monoisotopic (exact) mass is 367 g/mol. The Bertz CT molecular complexity index is 915. The van der Waals surface area contributed by atoms with Crippen molar-refractivity contribution in [1.29, 1.82) is 0 Å². The second-order valence-corrected chi connectivity index (χ2v) is 6.10. The molecule has 0 atom stereocenters. The lowest BCUT2D eigenvalue weighted by atomic mass is 10.1. The number of tetrazole rings is 1. The van der Waals surface area contributed by atoms with Crippen molar-refractivity contribution < 1.29 is 9.59 Å². The zero-order chi connectivity index (χ0) is 18.6. The number of piperazine rings is 1. The minimum Gasteiger partial charge on any atom is -0.338 e. The van der Waals surface area contributed by atoms with Crippen LogP contribution in [0.25, 0.3) is 11.4 Å². The number of nitrogens with one attached hydrogen (secondary N) is 1. The molecule has 0 aliphatic carbocycles. The summed E-state index contributed by atoms with van der Waals surface area (Å²) in [5.41, 5.74) is 1.38. The SMILES string of the molecule is O=C(Cn1cnnn1)N1CCN(C(=O)c2cccc(-c3ncn[nH]3)c2)CC1. The van der Waals surface area contributed by atoms with E-state index < -0.39 is 0 Å². The van der Waals surface area contributed by atoms with Crippen LogP contribution in [-0.2, 0) is 11.3 Å². The summed E-state index contributed by atoms with van der Waals surface area (Å²) in [4.78, 5) is 32.7. The summed E-state index contributed by atoms with van der Waals surface area (Å²) in [6.45, 7) is 2.02. The number of aromatic nitrogens is 7. The molecule has 27 heavy (non-hydrogen) atoms. The zero-order valence-corrected chi connectivity index (χ0v) is 14.4. The molecule has 2 amide bonds. The fourth-order valence-electron chi connectivity index (χ4n) is 2.98. The molecule has 0 radical (unpaired) electrons. The van der Waals surface area contributed by atoms with Crippen molar-refractivity contribution in [3.8, 4) is 11.4 Å². The predicted octanol–water partition coefficient (Wildman–Crippen LogP) is -0.557. The van der Waals surface area contributed by atoms with Crippen LogP contribution in [0.2, 0.25) is 0 Å². The van der Waals surface area contributed by atoms with E-state index in [1.165, 1.54) is 17.3 Å². The summed E-state index contributed by atoms with van der Waals surface area (Å²) in [7, 11) is 0. The van der Waals surface area contributed by atoms with Gasteiger partial charge in [0.2, 0.25) is 5.91 Å². The van der Waals surface area contributed by atoms with Crippen molar-refractivity contribution in [2.24, 2.45) is 0 Å². The lowest BCUT2D eigenvalue weighted by molar-refractivity contribution is -0.133. The Morgan fingerprint density at radius 1 is 1.11 bits per heavy atom. The van der Waals surface area contributed by atoms with E-state index in [-0.39, 0.29) is 18.4 Å². The van der Waals surface area contributed by atoms with Crippen LogP contribution in [0.15, 0.2) is 36.9 Å². The Kier molecular flexibility index (Phi) is 4.56. The molecule has 0 bridgehead atoms. The lowest BCUT2D eigenvalue weighted by Gasteiger charge is -2.34. The van der Waals surface area contributed by atoms with Gasteiger partial charge in [-0.1, -0.05) is 12.1 Å². The van der Waals surface area contributed by atoms with Crippen LogP contribution < -0.4 is 0 Å². The summed E-state index contributed by atoms with van der Waals surface area (Å²) in [5, 5.41) is 17.3. The number of hydrogen-bond acceptors (Lipinski definition) is 7. The second-order valence-electron chi connectivity index (χ2n) is 6.10. The quantitative estimate of drug-likeness (QED) is 0.655. The molecule has 0 unspecified atom stereocenters. The molecule has 1 saturated heterocycles. The molecule has 11 nitrogen and oxygen atoms in total. The number of H-pyrrole nitrogens is 1. The van der Waals surface area contributed by atoms with E-state index >= 15 is 0 Å². The summed E-state index contributed by atoms with van der Waals surface area (Å²) in [6, 6.07) is 7.25. The van der Waals surface area contributed by atoms with E-state index in [0.29, 0.717) is 37.6 Å². The maximum Gasteiger partial charge on any atom is 0.253 e. The standard InChI is InChI=1S/C16H17N9O2/c26-14(9-25-11-19-21-22-25)23-4-6-24(7-5-23)16(27)13-3-1-2-12(8-13)15-17-10-18-20-15/h1-3,8,10-11H,4-7,9H2,(H,17,18,20). The molecule has 4 rings (SSSR count). The van der Waals surface area contributed by atoms with Crippen LogP contribution in [0.5, 0.6) is 0 Å². The highest BCUT2D eigenvalue weighted by molar-refractivity contribution is 5.95. The summed E-state index contributed by atoms with van der Waals surface area (Å²) in [6.07, 6.45) is 2.83. The fraction of sp³-hybridized carbons (Fsp3) is 0.312. The number of carbonyl (C=O) groups excluding carboxylic acids is 2. The third kappa shape index (κ3) is 3.66. The molecular weight excluding hydrogens is 350 g/mol. The van der Waals surface area contributed by atoms with Crippen LogP contribution >= 0.6 is 0 Å². The molecule has 3 heterocycles. The van der Waals surface area contributed by atoms with E-state index in [9.17, 15) is 9.59 Å². The van der Waals surface area contributed by atoms with Crippen molar-refractivity contribution in [2.75, 3.05) is 26.2 Å². The molecule has 11 heteroatoms. The molecular formula is C16H17N9O2. The Balaban J connectivity index is 1.37. The van der Waals surface area contributed by atoms with Crippen LogP contribution in [0.4, 0.5) is 0 Å². The van der Waals surface area contributed by atoms with Crippen LogP contribution in [0, 0.1) is 0 Å². The zero-order valence-electron chi connectivity index (χ0n) is 14.4. The second kappa shape index (κ2) is 7.32. The van der Waals surface area contributed by atoms with Gasteiger partial charge in [-0.15, -0.1) is 5.10 Å². The first-order valence-corrected chi connectivity index (χ1v) is 8.44. The van der Waals surface area contributed by atoms with Gasteiger partial charge in [0.05, 0.1) is 0 Å². The van der Waals surface area contributed by atoms with Gasteiger partial charge in [-0.2, -0.15) is 5.10 Å². The number of aromatic amines is 1. The Hall–Kier alpha value is -3.63. The molecule has 138 valence electrons.